The molecule has 6 heteroatoms. The van der Waals surface area contributed by atoms with Crippen molar-refractivity contribution >= 4 is 21.0 Å². The van der Waals surface area contributed by atoms with Crippen LogP contribution in [0.3, 0.4) is 0 Å². The zero-order valence-corrected chi connectivity index (χ0v) is 16.0. The van der Waals surface area contributed by atoms with E-state index < -0.39 is 10.1 Å². The fraction of sp³-hybridized carbons (Fsp3) is 0.227. The van der Waals surface area contributed by atoms with Crippen LogP contribution in [0, 0.1) is 5.82 Å². The molecule has 144 valence electrons. The SMILES string of the molecule is O=S(=O)(C=C1CCC(c2ccnc3ccc(F)cc23)CC1)Oc1ccccc1. The average Bonchev–Trinajstić information content (AvgIpc) is 2.68. The number of allylic oxidation sites excluding steroid dienone is 1. The number of hydrogen-bond acceptors (Lipinski definition) is 4. The van der Waals surface area contributed by atoms with Gasteiger partial charge in [0.15, 0.2) is 0 Å². The molecule has 4 rings (SSSR count). The van der Waals surface area contributed by atoms with E-state index in [0.717, 1.165) is 34.9 Å². The van der Waals surface area contributed by atoms with Gasteiger partial charge >= 0.3 is 10.1 Å². The summed E-state index contributed by atoms with van der Waals surface area (Å²) in [6, 6.07) is 15.1. The molecular weight excluding hydrogens is 377 g/mol. The van der Waals surface area contributed by atoms with Crippen molar-refractivity contribution in [2.45, 2.75) is 31.6 Å². The molecular formula is C22H20FNO3S. The zero-order valence-electron chi connectivity index (χ0n) is 15.2. The largest absolute Gasteiger partial charge is 0.379 e. The van der Waals surface area contributed by atoms with Gasteiger partial charge in [0.05, 0.1) is 10.9 Å². The van der Waals surface area contributed by atoms with Gasteiger partial charge < -0.3 is 4.18 Å². The summed E-state index contributed by atoms with van der Waals surface area (Å²) in [5.41, 5.74) is 2.71. The van der Waals surface area contributed by atoms with Crippen molar-refractivity contribution in [2.24, 2.45) is 0 Å². The second-order valence-corrected chi connectivity index (χ2v) is 8.39. The Hall–Kier alpha value is -2.73. The molecule has 1 saturated carbocycles. The zero-order chi connectivity index (χ0) is 19.6. The Morgan fingerprint density at radius 3 is 2.54 bits per heavy atom. The lowest BCUT2D eigenvalue weighted by Gasteiger charge is -2.25. The number of fused-ring (bicyclic) bond motifs is 1. The smallest absolute Gasteiger partial charge is 0.332 e. The quantitative estimate of drug-likeness (QED) is 0.559. The molecule has 1 heterocycles. The lowest BCUT2D eigenvalue weighted by molar-refractivity contribution is 0.492. The van der Waals surface area contributed by atoms with Gasteiger partial charge in [0.2, 0.25) is 0 Å². The molecule has 0 N–H and O–H groups in total. The molecule has 1 fully saturated rings. The molecule has 0 bridgehead atoms. The van der Waals surface area contributed by atoms with Crippen molar-refractivity contribution in [3.63, 3.8) is 0 Å². The van der Waals surface area contributed by atoms with Gasteiger partial charge in [-0.25, -0.2) is 4.39 Å². The molecule has 0 atom stereocenters. The number of pyridine rings is 1. The van der Waals surface area contributed by atoms with Crippen molar-refractivity contribution in [1.82, 2.24) is 4.98 Å². The molecule has 0 spiro atoms. The first-order valence-electron chi connectivity index (χ1n) is 9.23. The Bertz CT molecular complexity index is 1120. The van der Waals surface area contributed by atoms with Gasteiger partial charge in [0.1, 0.15) is 11.6 Å². The van der Waals surface area contributed by atoms with Gasteiger partial charge in [-0.2, -0.15) is 8.42 Å². The first kappa shape index (κ1) is 18.6. The van der Waals surface area contributed by atoms with Crippen LogP contribution in [0.15, 0.2) is 71.8 Å². The molecule has 0 amide bonds. The van der Waals surface area contributed by atoms with Crippen LogP contribution in [-0.4, -0.2) is 13.4 Å². The minimum Gasteiger partial charge on any atom is -0.379 e. The molecule has 0 aliphatic heterocycles. The topological polar surface area (TPSA) is 56.3 Å². The fourth-order valence-electron chi connectivity index (χ4n) is 3.75. The summed E-state index contributed by atoms with van der Waals surface area (Å²) in [6.07, 6.45) is 4.70. The fourth-order valence-corrected chi connectivity index (χ4v) is 4.82. The maximum atomic E-state index is 13.7. The second-order valence-electron chi connectivity index (χ2n) is 7.00. The van der Waals surface area contributed by atoms with E-state index in [1.54, 1.807) is 42.6 Å². The summed E-state index contributed by atoms with van der Waals surface area (Å²) in [5.74, 6) is 0.280. The van der Waals surface area contributed by atoms with E-state index in [0.29, 0.717) is 18.6 Å². The van der Waals surface area contributed by atoms with Gasteiger partial charge in [0, 0.05) is 11.6 Å². The van der Waals surface area contributed by atoms with E-state index >= 15 is 0 Å². The summed E-state index contributed by atoms with van der Waals surface area (Å²) in [7, 11) is -3.78. The first-order valence-corrected chi connectivity index (χ1v) is 10.7. The van der Waals surface area contributed by atoms with Crippen LogP contribution < -0.4 is 4.18 Å². The normalized spacial score (nSPS) is 17.5. The molecule has 0 radical (unpaired) electrons. The Balaban J connectivity index is 1.49. The highest BCUT2D eigenvalue weighted by atomic mass is 32.2. The van der Waals surface area contributed by atoms with Crippen LogP contribution in [0.25, 0.3) is 10.9 Å². The van der Waals surface area contributed by atoms with Gasteiger partial charge in [-0.1, -0.05) is 23.8 Å². The molecule has 0 saturated heterocycles. The van der Waals surface area contributed by atoms with Gasteiger partial charge in [-0.15, -0.1) is 0 Å². The predicted octanol–water partition coefficient (Wildman–Crippen LogP) is 5.32. The number of nitrogens with zero attached hydrogens (tertiary/aromatic N) is 1. The second kappa shape index (κ2) is 7.72. The number of rotatable bonds is 4. The lowest BCUT2D eigenvalue weighted by Crippen LogP contribution is -2.11. The van der Waals surface area contributed by atoms with E-state index in [1.807, 2.05) is 6.07 Å². The standard InChI is InChI=1S/C22H20FNO3S/c23-18-10-11-22-21(14-18)20(12-13-24-22)17-8-6-16(7-9-17)15-28(25,26)27-19-4-2-1-3-5-19/h1-5,10-15,17H,6-9H2. The number of para-hydroxylation sites is 1. The molecule has 1 aliphatic rings. The third-order valence-corrected chi connectivity index (χ3v) is 6.12. The summed E-state index contributed by atoms with van der Waals surface area (Å²) in [4.78, 5) is 4.31. The highest BCUT2D eigenvalue weighted by molar-refractivity contribution is 7.90. The summed E-state index contributed by atoms with van der Waals surface area (Å²) in [5, 5.41) is 2.08. The van der Waals surface area contributed by atoms with Crippen LogP contribution in [0.1, 0.15) is 37.2 Å². The third kappa shape index (κ3) is 4.22. The molecule has 1 aliphatic carbocycles. The monoisotopic (exact) mass is 397 g/mol. The molecule has 2 aromatic carbocycles. The van der Waals surface area contributed by atoms with Crippen molar-refractivity contribution in [2.75, 3.05) is 0 Å². The number of aromatic nitrogens is 1. The molecule has 4 nitrogen and oxygen atoms in total. The highest BCUT2D eigenvalue weighted by Crippen LogP contribution is 2.38. The average molecular weight is 397 g/mol. The van der Waals surface area contributed by atoms with Crippen molar-refractivity contribution in [1.29, 1.82) is 0 Å². The first-order chi connectivity index (χ1) is 13.5. The van der Waals surface area contributed by atoms with Crippen LogP contribution in [0.4, 0.5) is 4.39 Å². The lowest BCUT2D eigenvalue weighted by atomic mass is 9.81. The Labute approximate surface area is 163 Å². The van der Waals surface area contributed by atoms with Crippen LogP contribution >= 0.6 is 0 Å². The van der Waals surface area contributed by atoms with E-state index in [1.165, 1.54) is 17.5 Å². The molecule has 1 aromatic heterocycles. The van der Waals surface area contributed by atoms with E-state index in [2.05, 4.69) is 4.98 Å². The summed E-state index contributed by atoms with van der Waals surface area (Å²) < 4.78 is 43.4. The Morgan fingerprint density at radius 2 is 1.79 bits per heavy atom. The number of benzene rings is 2. The minimum absolute atomic E-state index is 0.252. The number of hydrogen-bond donors (Lipinski definition) is 0. The third-order valence-electron chi connectivity index (χ3n) is 5.07. The number of halogens is 1. The maximum absolute atomic E-state index is 13.7. The molecule has 0 unspecified atom stereocenters. The highest BCUT2D eigenvalue weighted by Gasteiger charge is 2.22. The Morgan fingerprint density at radius 1 is 1.04 bits per heavy atom. The van der Waals surface area contributed by atoms with Gasteiger partial charge in [-0.3, -0.25) is 4.98 Å². The van der Waals surface area contributed by atoms with Crippen molar-refractivity contribution < 1.29 is 17.0 Å². The maximum Gasteiger partial charge on any atom is 0.332 e. The van der Waals surface area contributed by atoms with Crippen LogP contribution in [0.2, 0.25) is 0 Å². The van der Waals surface area contributed by atoms with Crippen molar-refractivity contribution in [3.8, 4) is 5.75 Å². The minimum atomic E-state index is -3.78. The van der Waals surface area contributed by atoms with Crippen LogP contribution in [-0.2, 0) is 10.1 Å². The molecule has 3 aromatic rings. The summed E-state index contributed by atoms with van der Waals surface area (Å²) >= 11 is 0. The van der Waals surface area contributed by atoms with E-state index in [-0.39, 0.29) is 11.7 Å². The Kier molecular flexibility index (Phi) is 5.13. The molecule has 28 heavy (non-hydrogen) atoms. The van der Waals surface area contributed by atoms with Crippen molar-refractivity contribution in [3.05, 3.63) is 83.2 Å². The van der Waals surface area contributed by atoms with Gasteiger partial charge in [0.25, 0.3) is 0 Å². The predicted molar refractivity (Wildman–Crippen MR) is 107 cm³/mol. The van der Waals surface area contributed by atoms with Crippen LogP contribution in [0.5, 0.6) is 5.75 Å². The van der Waals surface area contributed by atoms with E-state index in [9.17, 15) is 12.8 Å². The van der Waals surface area contributed by atoms with E-state index in [4.69, 9.17) is 4.18 Å². The summed E-state index contributed by atoms with van der Waals surface area (Å²) in [6.45, 7) is 0. The van der Waals surface area contributed by atoms with Gasteiger partial charge in [-0.05, 0) is 73.6 Å².